The Morgan fingerprint density at radius 1 is 1.53 bits per heavy atom. The van der Waals surface area contributed by atoms with Crippen molar-refractivity contribution in [2.75, 3.05) is 26.2 Å². The number of carbonyl (C=O) groups excluding carboxylic acids is 1. The van der Waals surface area contributed by atoms with Gasteiger partial charge in [0.05, 0.1) is 9.95 Å². The molecule has 1 aliphatic rings. The number of rotatable bonds is 5. The largest absolute Gasteiger partial charge is 0.350 e. The molecule has 19 heavy (non-hydrogen) atoms. The Hall–Kier alpha value is -1.18. The third-order valence-corrected chi connectivity index (χ3v) is 4.47. The molecule has 0 bridgehead atoms. The first kappa shape index (κ1) is 14.2. The van der Waals surface area contributed by atoms with Gasteiger partial charge in [0.25, 0.3) is 5.91 Å². The second-order valence-electron chi connectivity index (χ2n) is 4.32. The molecule has 0 aromatic carbocycles. The van der Waals surface area contributed by atoms with Gasteiger partial charge in [-0.3, -0.25) is 14.9 Å². The number of nitrogens with zero attached hydrogens (tertiary/aromatic N) is 2. The summed E-state index contributed by atoms with van der Waals surface area (Å²) in [4.78, 5) is 24.4. The quantitative estimate of drug-likeness (QED) is 0.668. The Bertz CT molecular complexity index is 486. The lowest BCUT2D eigenvalue weighted by molar-refractivity contribution is -0.380. The molecule has 0 atom stereocenters. The maximum Gasteiger partial charge on any atom is 0.326 e. The molecule has 6 nitrogen and oxygen atoms in total. The van der Waals surface area contributed by atoms with Crippen LogP contribution in [0.25, 0.3) is 0 Å². The van der Waals surface area contributed by atoms with Crippen molar-refractivity contribution < 1.29 is 9.72 Å². The zero-order valence-corrected chi connectivity index (χ0v) is 11.8. The molecule has 0 aliphatic carbocycles. The van der Waals surface area contributed by atoms with E-state index in [1.807, 2.05) is 0 Å². The molecule has 0 radical (unpaired) electrons. The smallest absolute Gasteiger partial charge is 0.326 e. The van der Waals surface area contributed by atoms with Crippen molar-refractivity contribution in [3.63, 3.8) is 0 Å². The van der Waals surface area contributed by atoms with Gasteiger partial charge in [-0.05, 0) is 25.9 Å². The molecule has 1 aromatic rings. The summed E-state index contributed by atoms with van der Waals surface area (Å²) in [5, 5.41) is 13.4. The number of nitro groups is 1. The highest BCUT2D eigenvalue weighted by atomic mass is 35.5. The number of carbonyl (C=O) groups is 1. The highest BCUT2D eigenvalue weighted by Crippen LogP contribution is 2.32. The van der Waals surface area contributed by atoms with Crippen LogP contribution in [0.1, 0.15) is 22.5 Å². The Morgan fingerprint density at radius 2 is 2.21 bits per heavy atom. The second-order valence-corrected chi connectivity index (χ2v) is 5.76. The minimum absolute atomic E-state index is 0.116. The van der Waals surface area contributed by atoms with Gasteiger partial charge in [0, 0.05) is 19.2 Å². The van der Waals surface area contributed by atoms with E-state index >= 15 is 0 Å². The Balaban J connectivity index is 1.86. The average molecular weight is 304 g/mol. The van der Waals surface area contributed by atoms with Crippen LogP contribution in [0.5, 0.6) is 0 Å². The van der Waals surface area contributed by atoms with Crippen molar-refractivity contribution >= 4 is 33.8 Å². The third kappa shape index (κ3) is 3.65. The van der Waals surface area contributed by atoms with Gasteiger partial charge in [-0.15, -0.1) is 0 Å². The van der Waals surface area contributed by atoms with E-state index in [-0.39, 0.29) is 20.8 Å². The number of hydrogen-bond donors (Lipinski definition) is 1. The Kier molecular flexibility index (Phi) is 4.73. The van der Waals surface area contributed by atoms with Gasteiger partial charge in [0.15, 0.2) is 0 Å². The Morgan fingerprint density at radius 3 is 2.79 bits per heavy atom. The molecule has 1 aliphatic heterocycles. The van der Waals surface area contributed by atoms with Crippen LogP contribution in [0.15, 0.2) is 6.07 Å². The summed E-state index contributed by atoms with van der Waals surface area (Å²) >= 11 is 6.63. The minimum Gasteiger partial charge on any atom is -0.350 e. The van der Waals surface area contributed by atoms with Crippen molar-refractivity contribution in [1.29, 1.82) is 0 Å². The van der Waals surface area contributed by atoms with Crippen LogP contribution in [-0.2, 0) is 0 Å². The summed E-state index contributed by atoms with van der Waals surface area (Å²) < 4.78 is 0. The van der Waals surface area contributed by atoms with Crippen molar-refractivity contribution in [1.82, 2.24) is 10.2 Å². The van der Waals surface area contributed by atoms with Gasteiger partial charge in [0.1, 0.15) is 4.88 Å². The van der Waals surface area contributed by atoms with E-state index in [0.717, 1.165) is 31.0 Å². The van der Waals surface area contributed by atoms with E-state index in [9.17, 15) is 14.9 Å². The molecule has 0 unspecified atom stereocenters. The summed E-state index contributed by atoms with van der Waals surface area (Å²) in [6, 6.07) is 1.21. The number of amides is 1. The molecular formula is C11H14ClN3O3S. The minimum atomic E-state index is -0.544. The molecular weight excluding hydrogens is 290 g/mol. The van der Waals surface area contributed by atoms with Crippen molar-refractivity contribution in [2.45, 2.75) is 12.8 Å². The van der Waals surface area contributed by atoms with Crippen LogP contribution in [0.2, 0.25) is 5.02 Å². The standard InChI is InChI=1S/C11H14ClN3O3S/c12-8-7-9(15(17)18)19-10(8)11(16)13-3-6-14-4-1-2-5-14/h7H,1-6H2,(H,13,16). The maximum atomic E-state index is 11.8. The first-order valence-electron chi connectivity index (χ1n) is 6.02. The lowest BCUT2D eigenvalue weighted by Gasteiger charge is -2.14. The number of likely N-dealkylation sites (tertiary alicyclic amines) is 1. The molecule has 2 heterocycles. The predicted octanol–water partition coefficient (Wildman–Crippen LogP) is 2.14. The van der Waals surface area contributed by atoms with Crippen LogP contribution < -0.4 is 5.32 Å². The first-order valence-corrected chi connectivity index (χ1v) is 7.21. The van der Waals surface area contributed by atoms with E-state index in [1.54, 1.807) is 0 Å². The highest BCUT2D eigenvalue weighted by Gasteiger charge is 2.20. The molecule has 1 saturated heterocycles. The fourth-order valence-corrected chi connectivity index (χ4v) is 3.17. The molecule has 0 spiro atoms. The molecule has 1 N–H and O–H groups in total. The fraction of sp³-hybridized carbons (Fsp3) is 0.545. The van der Waals surface area contributed by atoms with Gasteiger partial charge in [0.2, 0.25) is 0 Å². The average Bonchev–Trinajstić information content (AvgIpc) is 2.98. The zero-order valence-electron chi connectivity index (χ0n) is 10.2. The van der Waals surface area contributed by atoms with Gasteiger partial charge >= 0.3 is 5.00 Å². The van der Waals surface area contributed by atoms with E-state index in [2.05, 4.69) is 10.2 Å². The van der Waals surface area contributed by atoms with Crippen molar-refractivity contribution in [2.24, 2.45) is 0 Å². The van der Waals surface area contributed by atoms with Crippen molar-refractivity contribution in [3.8, 4) is 0 Å². The van der Waals surface area contributed by atoms with Gasteiger partial charge in [-0.2, -0.15) is 0 Å². The third-order valence-electron chi connectivity index (χ3n) is 2.97. The highest BCUT2D eigenvalue weighted by molar-refractivity contribution is 7.17. The number of thiophene rings is 1. The number of hydrogen-bond acceptors (Lipinski definition) is 5. The van der Waals surface area contributed by atoms with Crippen molar-refractivity contribution in [3.05, 3.63) is 26.1 Å². The summed E-state index contributed by atoms with van der Waals surface area (Å²) in [6.45, 7) is 3.47. The summed E-state index contributed by atoms with van der Waals surface area (Å²) in [7, 11) is 0. The molecule has 1 fully saturated rings. The van der Waals surface area contributed by atoms with E-state index in [1.165, 1.54) is 18.9 Å². The zero-order chi connectivity index (χ0) is 13.8. The van der Waals surface area contributed by atoms with Gasteiger partial charge in [-0.1, -0.05) is 22.9 Å². The lowest BCUT2D eigenvalue weighted by atomic mass is 10.4. The van der Waals surface area contributed by atoms with Crippen LogP contribution in [0, 0.1) is 10.1 Å². The van der Waals surface area contributed by atoms with Gasteiger partial charge < -0.3 is 10.2 Å². The number of nitrogens with one attached hydrogen (secondary N) is 1. The summed E-state index contributed by atoms with van der Waals surface area (Å²) in [5.74, 6) is -0.345. The second kappa shape index (κ2) is 6.31. The van der Waals surface area contributed by atoms with E-state index < -0.39 is 4.92 Å². The SMILES string of the molecule is O=C(NCCN1CCCC1)c1sc([N+](=O)[O-])cc1Cl. The summed E-state index contributed by atoms with van der Waals surface area (Å²) in [5.41, 5.74) is 0. The monoisotopic (exact) mass is 303 g/mol. The predicted molar refractivity (Wildman–Crippen MR) is 74.0 cm³/mol. The van der Waals surface area contributed by atoms with Crippen LogP contribution in [-0.4, -0.2) is 41.9 Å². The van der Waals surface area contributed by atoms with E-state index in [0.29, 0.717) is 6.54 Å². The van der Waals surface area contributed by atoms with E-state index in [4.69, 9.17) is 11.6 Å². The molecule has 1 amide bonds. The first-order chi connectivity index (χ1) is 9.08. The molecule has 0 saturated carbocycles. The topological polar surface area (TPSA) is 75.5 Å². The summed E-state index contributed by atoms with van der Waals surface area (Å²) in [6.07, 6.45) is 2.41. The number of halogens is 1. The normalized spacial score (nSPS) is 15.6. The molecule has 8 heteroatoms. The van der Waals surface area contributed by atoms with Crippen LogP contribution >= 0.6 is 22.9 Å². The van der Waals surface area contributed by atoms with Crippen LogP contribution in [0.4, 0.5) is 5.00 Å². The van der Waals surface area contributed by atoms with Gasteiger partial charge in [-0.25, -0.2) is 0 Å². The molecule has 2 rings (SSSR count). The molecule has 104 valence electrons. The van der Waals surface area contributed by atoms with Crippen LogP contribution in [0.3, 0.4) is 0 Å². The maximum absolute atomic E-state index is 11.8. The lowest BCUT2D eigenvalue weighted by Crippen LogP contribution is -2.33. The fourth-order valence-electron chi connectivity index (χ4n) is 2.02. The Labute approximate surface area is 119 Å². The molecule has 1 aromatic heterocycles.